The number of amides is 1. The van der Waals surface area contributed by atoms with Gasteiger partial charge in [-0.05, 0) is 13.0 Å². The molecule has 4 nitrogen and oxygen atoms in total. The van der Waals surface area contributed by atoms with Crippen LogP contribution in [0.2, 0.25) is 0 Å². The lowest BCUT2D eigenvalue weighted by Gasteiger charge is -2.05. The lowest BCUT2D eigenvalue weighted by molar-refractivity contribution is -0.112. The number of halogens is 1. The van der Waals surface area contributed by atoms with Crippen molar-refractivity contribution in [2.24, 2.45) is 0 Å². The van der Waals surface area contributed by atoms with Gasteiger partial charge in [-0.1, -0.05) is 0 Å². The van der Waals surface area contributed by atoms with Crippen LogP contribution in [-0.2, 0) is 4.79 Å². The number of fused-ring (bicyclic) bond motifs is 1. The summed E-state index contributed by atoms with van der Waals surface area (Å²) < 4.78 is 18.3. The molecule has 1 aromatic carbocycles. The molecule has 0 unspecified atom stereocenters. The number of carbonyl (C=O) groups excluding carboxylic acids is 2. The van der Waals surface area contributed by atoms with E-state index in [0.29, 0.717) is 6.61 Å². The highest BCUT2D eigenvalue weighted by Gasteiger charge is 2.29. The molecule has 1 aliphatic rings. The SMILES string of the molecule is CCOc1cc2c(cc1F)NC(=O)C2=O. The van der Waals surface area contributed by atoms with Crippen LogP contribution in [0, 0.1) is 5.82 Å². The summed E-state index contributed by atoms with van der Waals surface area (Å²) in [4.78, 5) is 22.3. The van der Waals surface area contributed by atoms with Crippen molar-refractivity contribution < 1.29 is 18.7 Å². The van der Waals surface area contributed by atoms with Gasteiger partial charge >= 0.3 is 0 Å². The van der Waals surface area contributed by atoms with Gasteiger partial charge in [0.2, 0.25) is 0 Å². The summed E-state index contributed by atoms with van der Waals surface area (Å²) in [6.45, 7) is 2.00. The summed E-state index contributed by atoms with van der Waals surface area (Å²) >= 11 is 0. The Labute approximate surface area is 85.0 Å². The number of benzene rings is 1. The Morgan fingerprint density at radius 1 is 1.40 bits per heavy atom. The zero-order chi connectivity index (χ0) is 11.0. The van der Waals surface area contributed by atoms with Crippen LogP contribution in [-0.4, -0.2) is 18.3 Å². The van der Waals surface area contributed by atoms with Gasteiger partial charge in [0.05, 0.1) is 17.9 Å². The second kappa shape index (κ2) is 3.34. The number of hydrogen-bond acceptors (Lipinski definition) is 3. The van der Waals surface area contributed by atoms with Crippen LogP contribution < -0.4 is 10.1 Å². The van der Waals surface area contributed by atoms with E-state index in [1.54, 1.807) is 6.92 Å². The van der Waals surface area contributed by atoms with Gasteiger partial charge in [0.15, 0.2) is 11.6 Å². The van der Waals surface area contributed by atoms with E-state index in [1.165, 1.54) is 6.07 Å². The predicted octanol–water partition coefficient (Wildman–Crippen LogP) is 1.36. The zero-order valence-corrected chi connectivity index (χ0v) is 7.96. The first kappa shape index (κ1) is 9.64. The Bertz CT molecular complexity index is 456. The minimum Gasteiger partial charge on any atom is -0.491 e. The van der Waals surface area contributed by atoms with Gasteiger partial charge in [0.1, 0.15) is 0 Å². The summed E-state index contributed by atoms with van der Waals surface area (Å²) in [5.74, 6) is -2.00. The van der Waals surface area contributed by atoms with Crippen LogP contribution >= 0.6 is 0 Å². The highest BCUT2D eigenvalue weighted by atomic mass is 19.1. The third kappa shape index (κ3) is 1.45. The molecule has 1 N–H and O–H groups in total. The van der Waals surface area contributed by atoms with Crippen molar-refractivity contribution in [2.45, 2.75) is 6.92 Å². The number of ketones is 1. The average molecular weight is 209 g/mol. The van der Waals surface area contributed by atoms with E-state index in [2.05, 4.69) is 5.32 Å². The van der Waals surface area contributed by atoms with Crippen LogP contribution in [0.3, 0.4) is 0 Å². The Kier molecular flexibility index (Phi) is 2.15. The molecule has 5 heteroatoms. The second-order valence-corrected chi connectivity index (χ2v) is 3.04. The van der Waals surface area contributed by atoms with Crippen LogP contribution in [0.15, 0.2) is 12.1 Å². The van der Waals surface area contributed by atoms with Crippen molar-refractivity contribution in [3.05, 3.63) is 23.5 Å². The molecule has 0 radical (unpaired) electrons. The van der Waals surface area contributed by atoms with Crippen molar-refractivity contribution >= 4 is 17.4 Å². The summed E-state index contributed by atoms with van der Waals surface area (Å²) in [5.41, 5.74) is 0.357. The maximum Gasteiger partial charge on any atom is 0.296 e. The van der Waals surface area contributed by atoms with E-state index in [0.717, 1.165) is 6.07 Å². The molecular formula is C10H8FNO3. The normalized spacial score (nSPS) is 13.7. The lowest BCUT2D eigenvalue weighted by atomic mass is 10.1. The quantitative estimate of drug-likeness (QED) is 0.748. The third-order valence-corrected chi connectivity index (χ3v) is 2.07. The van der Waals surface area contributed by atoms with Gasteiger partial charge in [0, 0.05) is 6.07 Å². The highest BCUT2D eigenvalue weighted by Crippen LogP contribution is 2.30. The van der Waals surface area contributed by atoms with Gasteiger partial charge in [-0.3, -0.25) is 9.59 Å². The highest BCUT2D eigenvalue weighted by molar-refractivity contribution is 6.51. The molecule has 1 aliphatic heterocycles. The van der Waals surface area contributed by atoms with Crippen LogP contribution in [0.5, 0.6) is 5.75 Å². The van der Waals surface area contributed by atoms with E-state index >= 15 is 0 Å². The maximum absolute atomic E-state index is 13.3. The van der Waals surface area contributed by atoms with Gasteiger partial charge < -0.3 is 10.1 Å². The lowest BCUT2D eigenvalue weighted by Crippen LogP contribution is -2.12. The molecule has 2 rings (SSSR count). The number of hydrogen-bond donors (Lipinski definition) is 1. The number of anilines is 1. The van der Waals surface area contributed by atoms with Gasteiger partial charge in [-0.2, -0.15) is 0 Å². The van der Waals surface area contributed by atoms with Crippen LogP contribution in [0.1, 0.15) is 17.3 Å². The predicted molar refractivity (Wildman–Crippen MR) is 50.5 cm³/mol. The third-order valence-electron chi connectivity index (χ3n) is 2.07. The Balaban J connectivity index is 2.50. The number of nitrogens with one attached hydrogen (secondary N) is 1. The van der Waals surface area contributed by atoms with E-state index in [9.17, 15) is 14.0 Å². The molecule has 78 valence electrons. The topological polar surface area (TPSA) is 55.4 Å². The fourth-order valence-corrected chi connectivity index (χ4v) is 1.41. The van der Waals surface area contributed by atoms with Gasteiger partial charge in [0.25, 0.3) is 11.7 Å². The molecule has 1 aromatic rings. The Morgan fingerprint density at radius 3 is 2.80 bits per heavy atom. The van der Waals surface area contributed by atoms with E-state index in [4.69, 9.17) is 4.74 Å². The first-order valence-corrected chi connectivity index (χ1v) is 4.45. The molecule has 1 heterocycles. The smallest absolute Gasteiger partial charge is 0.296 e. The fourth-order valence-electron chi connectivity index (χ4n) is 1.41. The minimum absolute atomic E-state index is 0.0129. The number of rotatable bonds is 2. The van der Waals surface area contributed by atoms with Gasteiger partial charge in [-0.25, -0.2) is 4.39 Å². The molecule has 0 saturated heterocycles. The number of ether oxygens (including phenoxy) is 1. The van der Waals surface area contributed by atoms with Crippen molar-refractivity contribution in [2.75, 3.05) is 11.9 Å². The molecular weight excluding hydrogens is 201 g/mol. The monoisotopic (exact) mass is 209 g/mol. The number of carbonyl (C=O) groups is 2. The maximum atomic E-state index is 13.3. The number of Topliss-reactive ketones (excluding diaryl/α,β-unsaturated/α-hetero) is 1. The van der Waals surface area contributed by atoms with Crippen LogP contribution in [0.4, 0.5) is 10.1 Å². The summed E-state index contributed by atoms with van der Waals surface area (Å²) in [6.07, 6.45) is 0. The summed E-state index contributed by atoms with van der Waals surface area (Å²) in [6, 6.07) is 2.33. The Hall–Kier alpha value is -1.91. The first-order chi connectivity index (χ1) is 7.13. The standard InChI is InChI=1S/C10H8FNO3/c1-2-15-8-3-5-7(4-6(8)11)12-10(14)9(5)13/h3-4H,2H2,1H3,(H,12,13,14). The molecule has 1 amide bonds. The van der Waals surface area contributed by atoms with Crippen molar-refractivity contribution in [3.63, 3.8) is 0 Å². The van der Waals surface area contributed by atoms with Crippen molar-refractivity contribution in [1.82, 2.24) is 0 Å². The average Bonchev–Trinajstić information content (AvgIpc) is 2.45. The molecule has 15 heavy (non-hydrogen) atoms. The molecule has 0 aliphatic carbocycles. The minimum atomic E-state index is -0.738. The van der Waals surface area contributed by atoms with Crippen molar-refractivity contribution in [1.29, 1.82) is 0 Å². The molecule has 0 aromatic heterocycles. The van der Waals surface area contributed by atoms with E-state index in [1.807, 2.05) is 0 Å². The Morgan fingerprint density at radius 2 is 2.13 bits per heavy atom. The van der Waals surface area contributed by atoms with Crippen molar-refractivity contribution in [3.8, 4) is 5.75 Å². The van der Waals surface area contributed by atoms with E-state index in [-0.39, 0.29) is 17.0 Å². The first-order valence-electron chi connectivity index (χ1n) is 4.45. The molecule has 0 fully saturated rings. The summed E-state index contributed by atoms with van der Waals surface area (Å²) in [5, 5.41) is 2.27. The van der Waals surface area contributed by atoms with Gasteiger partial charge in [-0.15, -0.1) is 0 Å². The molecule has 0 spiro atoms. The molecule has 0 bridgehead atoms. The zero-order valence-electron chi connectivity index (χ0n) is 7.96. The molecule has 0 saturated carbocycles. The van der Waals surface area contributed by atoms with E-state index < -0.39 is 17.5 Å². The molecule has 0 atom stereocenters. The second-order valence-electron chi connectivity index (χ2n) is 3.04. The largest absolute Gasteiger partial charge is 0.491 e. The fraction of sp³-hybridized carbons (Fsp3) is 0.200. The summed E-state index contributed by atoms with van der Waals surface area (Å²) in [7, 11) is 0. The van der Waals surface area contributed by atoms with Crippen LogP contribution in [0.25, 0.3) is 0 Å².